The van der Waals surface area contributed by atoms with E-state index in [-0.39, 0.29) is 4.90 Å². The van der Waals surface area contributed by atoms with Crippen molar-refractivity contribution in [1.82, 2.24) is 0 Å². The summed E-state index contributed by atoms with van der Waals surface area (Å²) in [5.41, 5.74) is 1.72. The molecule has 2 rings (SSSR count). The molecule has 2 aromatic carbocycles. The van der Waals surface area contributed by atoms with Gasteiger partial charge in [-0.2, -0.15) is 5.26 Å². The van der Waals surface area contributed by atoms with Gasteiger partial charge in [-0.25, -0.2) is 8.42 Å². The van der Waals surface area contributed by atoms with Crippen LogP contribution in [0.15, 0.2) is 53.4 Å². The van der Waals surface area contributed by atoms with Crippen LogP contribution < -0.4 is 4.31 Å². The fraction of sp³-hybridized carbons (Fsp3) is 0.133. The Morgan fingerprint density at radius 3 is 2.20 bits per heavy atom. The highest BCUT2D eigenvalue weighted by Crippen LogP contribution is 2.24. The van der Waals surface area contributed by atoms with Gasteiger partial charge >= 0.3 is 0 Å². The fourth-order valence-corrected chi connectivity index (χ4v) is 3.30. The van der Waals surface area contributed by atoms with E-state index >= 15 is 0 Å². The molecule has 0 aliphatic heterocycles. The normalized spacial score (nSPS) is 10.8. The lowest BCUT2D eigenvalue weighted by Crippen LogP contribution is -2.27. The molecule has 0 aliphatic rings. The molecular formula is C15H14N2O2S. The van der Waals surface area contributed by atoms with Crippen LogP contribution in [0.25, 0.3) is 0 Å². The summed E-state index contributed by atoms with van der Waals surface area (Å²) in [6, 6.07) is 15.3. The van der Waals surface area contributed by atoms with Crippen molar-refractivity contribution in [2.45, 2.75) is 11.8 Å². The van der Waals surface area contributed by atoms with Gasteiger partial charge in [-0.3, -0.25) is 4.31 Å². The molecule has 0 unspecified atom stereocenters. The van der Waals surface area contributed by atoms with Crippen LogP contribution in [0.5, 0.6) is 0 Å². The molecular weight excluding hydrogens is 272 g/mol. The van der Waals surface area contributed by atoms with E-state index in [1.54, 1.807) is 55.5 Å². The minimum atomic E-state index is -3.59. The summed E-state index contributed by atoms with van der Waals surface area (Å²) in [6.07, 6.45) is 0. The predicted molar refractivity (Wildman–Crippen MR) is 77.9 cm³/mol. The number of aryl methyl sites for hydroxylation is 1. The molecule has 5 heteroatoms. The Balaban J connectivity index is 2.44. The van der Waals surface area contributed by atoms with Gasteiger partial charge in [0.2, 0.25) is 0 Å². The van der Waals surface area contributed by atoms with Crippen molar-refractivity contribution in [3.05, 3.63) is 59.7 Å². The van der Waals surface area contributed by atoms with Crippen molar-refractivity contribution < 1.29 is 8.42 Å². The highest BCUT2D eigenvalue weighted by Gasteiger charge is 2.22. The van der Waals surface area contributed by atoms with Crippen LogP contribution >= 0.6 is 0 Å². The Hall–Kier alpha value is -2.32. The molecule has 0 amide bonds. The molecule has 0 spiro atoms. The van der Waals surface area contributed by atoms with Gasteiger partial charge in [0.25, 0.3) is 10.0 Å². The van der Waals surface area contributed by atoms with Crippen molar-refractivity contribution in [2.75, 3.05) is 11.4 Å². The Kier molecular flexibility index (Phi) is 3.77. The van der Waals surface area contributed by atoms with E-state index < -0.39 is 10.0 Å². The zero-order valence-corrected chi connectivity index (χ0v) is 12.1. The summed E-state index contributed by atoms with van der Waals surface area (Å²) in [5.74, 6) is 0. The van der Waals surface area contributed by atoms with Crippen LogP contribution in [0.3, 0.4) is 0 Å². The maximum atomic E-state index is 12.6. The lowest BCUT2D eigenvalue weighted by molar-refractivity contribution is 0.594. The maximum absolute atomic E-state index is 12.6. The van der Waals surface area contributed by atoms with Gasteiger partial charge in [0.1, 0.15) is 0 Å². The Morgan fingerprint density at radius 1 is 1.05 bits per heavy atom. The molecule has 0 radical (unpaired) electrons. The van der Waals surface area contributed by atoms with Crippen molar-refractivity contribution >= 4 is 15.7 Å². The van der Waals surface area contributed by atoms with Crippen molar-refractivity contribution in [2.24, 2.45) is 0 Å². The zero-order chi connectivity index (χ0) is 14.8. The summed E-state index contributed by atoms with van der Waals surface area (Å²) >= 11 is 0. The summed E-state index contributed by atoms with van der Waals surface area (Å²) in [6.45, 7) is 1.76. The number of rotatable bonds is 3. The monoisotopic (exact) mass is 286 g/mol. The minimum absolute atomic E-state index is 0.284. The predicted octanol–water partition coefficient (Wildman–Crippen LogP) is 2.69. The van der Waals surface area contributed by atoms with Crippen LogP contribution in [-0.2, 0) is 10.0 Å². The maximum Gasteiger partial charge on any atom is 0.264 e. The first-order valence-corrected chi connectivity index (χ1v) is 7.45. The summed E-state index contributed by atoms with van der Waals surface area (Å²) in [4.78, 5) is 0.284. The lowest BCUT2D eigenvalue weighted by Gasteiger charge is -2.20. The van der Waals surface area contributed by atoms with Crippen LogP contribution in [0.4, 0.5) is 5.69 Å². The van der Waals surface area contributed by atoms with E-state index in [0.29, 0.717) is 16.8 Å². The van der Waals surface area contributed by atoms with Gasteiger partial charge in [0.05, 0.1) is 22.2 Å². The van der Waals surface area contributed by atoms with Gasteiger partial charge in [-0.1, -0.05) is 18.2 Å². The molecule has 0 saturated heterocycles. The number of nitrogens with zero attached hydrogens (tertiary/aromatic N) is 2. The Labute approximate surface area is 118 Å². The van der Waals surface area contributed by atoms with Crippen LogP contribution in [-0.4, -0.2) is 15.5 Å². The Morgan fingerprint density at radius 2 is 1.65 bits per heavy atom. The van der Waals surface area contributed by atoms with Gasteiger partial charge < -0.3 is 0 Å². The lowest BCUT2D eigenvalue weighted by atomic mass is 10.2. The fourth-order valence-electron chi connectivity index (χ4n) is 1.88. The second-order valence-corrected chi connectivity index (χ2v) is 6.33. The van der Waals surface area contributed by atoms with Crippen LogP contribution in [0, 0.1) is 18.3 Å². The van der Waals surface area contributed by atoms with Crippen molar-refractivity contribution in [3.8, 4) is 6.07 Å². The van der Waals surface area contributed by atoms with Gasteiger partial charge in [-0.05, 0) is 42.8 Å². The SMILES string of the molecule is Cc1ccccc1S(=O)(=O)N(C)c1ccc(C#N)cc1. The number of hydrogen-bond donors (Lipinski definition) is 0. The molecule has 102 valence electrons. The molecule has 0 heterocycles. The first kappa shape index (κ1) is 14.1. The van der Waals surface area contributed by atoms with E-state index in [9.17, 15) is 8.42 Å². The third-order valence-electron chi connectivity index (χ3n) is 3.09. The second-order valence-electron chi connectivity index (χ2n) is 4.40. The molecule has 0 N–H and O–H groups in total. The first-order valence-electron chi connectivity index (χ1n) is 6.01. The van der Waals surface area contributed by atoms with Crippen LogP contribution in [0.2, 0.25) is 0 Å². The summed E-state index contributed by atoms with van der Waals surface area (Å²) in [7, 11) is -2.09. The van der Waals surface area contributed by atoms with Crippen molar-refractivity contribution in [3.63, 3.8) is 0 Å². The summed E-state index contributed by atoms with van der Waals surface area (Å²) < 4.78 is 26.4. The number of hydrogen-bond acceptors (Lipinski definition) is 3. The topological polar surface area (TPSA) is 61.2 Å². The summed E-state index contributed by atoms with van der Waals surface area (Å²) in [5, 5.41) is 8.76. The number of nitriles is 1. The minimum Gasteiger partial charge on any atom is -0.269 e. The molecule has 20 heavy (non-hydrogen) atoms. The average Bonchev–Trinajstić information content (AvgIpc) is 2.47. The van der Waals surface area contributed by atoms with E-state index in [0.717, 1.165) is 0 Å². The van der Waals surface area contributed by atoms with E-state index in [4.69, 9.17) is 5.26 Å². The highest BCUT2D eigenvalue weighted by molar-refractivity contribution is 7.92. The first-order chi connectivity index (χ1) is 9.46. The van der Waals surface area contributed by atoms with E-state index in [1.165, 1.54) is 11.4 Å². The standard InChI is InChI=1S/C15H14N2O2S/c1-12-5-3-4-6-15(12)20(18,19)17(2)14-9-7-13(11-16)8-10-14/h3-10H,1-2H3. The largest absolute Gasteiger partial charge is 0.269 e. The molecule has 0 saturated carbocycles. The third-order valence-corrected chi connectivity index (χ3v) is 5.04. The molecule has 0 bridgehead atoms. The Bertz CT molecular complexity index is 759. The molecule has 0 fully saturated rings. The number of anilines is 1. The van der Waals surface area contributed by atoms with E-state index in [1.807, 2.05) is 6.07 Å². The second kappa shape index (κ2) is 5.35. The van der Waals surface area contributed by atoms with Crippen LogP contribution in [0.1, 0.15) is 11.1 Å². The van der Waals surface area contributed by atoms with Crippen molar-refractivity contribution in [1.29, 1.82) is 5.26 Å². The number of benzene rings is 2. The molecule has 4 nitrogen and oxygen atoms in total. The average molecular weight is 286 g/mol. The van der Waals surface area contributed by atoms with E-state index in [2.05, 4.69) is 0 Å². The quantitative estimate of drug-likeness (QED) is 0.871. The third kappa shape index (κ3) is 2.51. The molecule has 0 atom stereocenters. The highest BCUT2D eigenvalue weighted by atomic mass is 32.2. The molecule has 0 aliphatic carbocycles. The number of sulfonamides is 1. The van der Waals surface area contributed by atoms with Gasteiger partial charge in [0, 0.05) is 7.05 Å². The molecule has 0 aromatic heterocycles. The van der Waals surface area contributed by atoms with Gasteiger partial charge in [-0.15, -0.1) is 0 Å². The smallest absolute Gasteiger partial charge is 0.264 e. The molecule has 2 aromatic rings. The van der Waals surface area contributed by atoms with Gasteiger partial charge in [0.15, 0.2) is 0 Å². The zero-order valence-electron chi connectivity index (χ0n) is 11.2.